The summed E-state index contributed by atoms with van der Waals surface area (Å²) in [5.74, 6) is 1.74. The maximum absolute atomic E-state index is 8.81. The Morgan fingerprint density at radius 2 is 0.889 bits per heavy atom. The lowest BCUT2D eigenvalue weighted by Crippen LogP contribution is -2.28. The molecule has 0 spiro atoms. The van der Waals surface area contributed by atoms with Crippen molar-refractivity contribution >= 4 is 63.0 Å². The van der Waals surface area contributed by atoms with Crippen molar-refractivity contribution in [2.45, 2.75) is 5.41 Å². The molecule has 0 atom stereocenters. The van der Waals surface area contributed by atoms with Crippen LogP contribution in [0, 0.1) is 0 Å². The van der Waals surface area contributed by atoms with Crippen LogP contribution in [0.15, 0.2) is 212 Å². The number of nitrogens with zero attached hydrogens (tertiary/aromatic N) is 3. The molecule has 5 heteroatoms. The lowest BCUT2D eigenvalue weighted by Gasteiger charge is -2.33. The predicted molar refractivity (Wildman–Crippen MR) is 265 cm³/mol. The number of thiophene rings is 2. The number of aromatic nitrogens is 3. The van der Waals surface area contributed by atoms with Crippen molar-refractivity contribution in [2.24, 2.45) is 0 Å². The number of hydrogen-bond acceptors (Lipinski definition) is 5. The number of rotatable bonds is 6. The molecule has 0 bridgehead atoms. The molecule has 13 rings (SSSR count). The fourth-order valence-electron chi connectivity index (χ4n) is 10.0. The Bertz CT molecular complexity index is 3840. The first-order chi connectivity index (χ1) is 32.1. The molecule has 0 amide bonds. The summed E-state index contributed by atoms with van der Waals surface area (Å²) in [6.07, 6.45) is 0. The van der Waals surface area contributed by atoms with Crippen LogP contribution in [0.5, 0.6) is 0 Å². The Kier molecular flexibility index (Phi) is 7.70. The van der Waals surface area contributed by atoms with E-state index in [1.54, 1.807) is 22.7 Å². The molecule has 12 aromatic rings. The van der Waals surface area contributed by atoms with Crippen molar-refractivity contribution in [3.8, 4) is 56.4 Å². The van der Waals surface area contributed by atoms with Crippen LogP contribution in [0.2, 0.25) is 0 Å². The van der Waals surface area contributed by atoms with Crippen LogP contribution in [0.4, 0.5) is 0 Å². The fraction of sp³-hybridized carbons (Fsp3) is 0.0172. The van der Waals surface area contributed by atoms with Crippen molar-refractivity contribution in [3.05, 3.63) is 235 Å². The third-order valence-electron chi connectivity index (χ3n) is 12.7. The highest BCUT2D eigenvalue weighted by atomic mass is 32.1. The van der Waals surface area contributed by atoms with Gasteiger partial charge in [-0.15, -0.1) is 22.7 Å². The highest BCUT2D eigenvalue weighted by Gasteiger charge is 2.47. The van der Waals surface area contributed by atoms with Gasteiger partial charge >= 0.3 is 0 Å². The van der Waals surface area contributed by atoms with Gasteiger partial charge in [-0.3, -0.25) is 0 Å². The molecule has 0 N–H and O–H groups in total. The van der Waals surface area contributed by atoms with Crippen molar-refractivity contribution < 1.29 is 2.74 Å². The van der Waals surface area contributed by atoms with E-state index >= 15 is 0 Å². The quantitative estimate of drug-likeness (QED) is 0.167. The molecule has 0 saturated heterocycles. The third kappa shape index (κ3) is 5.47. The topological polar surface area (TPSA) is 38.7 Å². The molecule has 3 nitrogen and oxygen atoms in total. The molecular weight excluding hydrogens is 803 g/mol. The van der Waals surface area contributed by atoms with Crippen LogP contribution in [0.25, 0.3) is 96.8 Å². The molecule has 3 heterocycles. The molecule has 3 aromatic heterocycles. The zero-order valence-electron chi connectivity index (χ0n) is 35.7. The van der Waals surface area contributed by atoms with Gasteiger partial charge in [0.05, 0.1) is 8.16 Å². The average molecular weight is 840 g/mol. The molecule has 0 fully saturated rings. The summed E-state index contributed by atoms with van der Waals surface area (Å²) in [5, 5.41) is 4.36. The molecule has 1 aliphatic carbocycles. The summed E-state index contributed by atoms with van der Waals surface area (Å²) in [4.78, 5) is 16.4. The predicted octanol–water partition coefficient (Wildman–Crippen LogP) is 15.6. The molecular formula is C58H35N3S2. The van der Waals surface area contributed by atoms with E-state index in [0.29, 0.717) is 29.6 Å². The van der Waals surface area contributed by atoms with Crippen molar-refractivity contribution in [1.29, 1.82) is 0 Å². The van der Waals surface area contributed by atoms with E-state index in [4.69, 9.17) is 17.7 Å². The summed E-state index contributed by atoms with van der Waals surface area (Å²) in [5.41, 5.74) is 11.2. The second-order valence-corrected chi connectivity index (χ2v) is 18.1. The van der Waals surface area contributed by atoms with Gasteiger partial charge in [-0.05, 0) is 74.8 Å². The molecule has 0 saturated carbocycles. The average Bonchev–Trinajstić information content (AvgIpc) is 4.04. The minimum absolute atomic E-state index is 0.508. The summed E-state index contributed by atoms with van der Waals surface area (Å²) in [7, 11) is 0. The minimum Gasteiger partial charge on any atom is -0.208 e. The second kappa shape index (κ2) is 14.2. The van der Waals surface area contributed by atoms with Crippen LogP contribution < -0.4 is 0 Å². The van der Waals surface area contributed by atoms with Crippen LogP contribution >= 0.6 is 22.7 Å². The van der Waals surface area contributed by atoms with Gasteiger partial charge in [0, 0.05) is 57.0 Å². The summed E-state index contributed by atoms with van der Waals surface area (Å²) in [6, 6.07) is 71.3. The van der Waals surface area contributed by atoms with Crippen molar-refractivity contribution in [2.75, 3.05) is 0 Å². The van der Waals surface area contributed by atoms with Gasteiger partial charge in [-0.1, -0.05) is 182 Å². The summed E-state index contributed by atoms with van der Waals surface area (Å²) in [6.45, 7) is 0. The van der Waals surface area contributed by atoms with Crippen LogP contribution in [0.1, 0.15) is 25.0 Å². The Labute approximate surface area is 375 Å². The third-order valence-corrected chi connectivity index (χ3v) is 15.0. The van der Waals surface area contributed by atoms with Crippen LogP contribution in [-0.2, 0) is 5.41 Å². The van der Waals surface area contributed by atoms with E-state index in [0.717, 1.165) is 79.3 Å². The summed E-state index contributed by atoms with van der Waals surface area (Å²) < 4.78 is 21.6. The van der Waals surface area contributed by atoms with Gasteiger partial charge in [-0.2, -0.15) is 0 Å². The minimum atomic E-state index is -0.586. The first-order valence-corrected chi connectivity index (χ1v) is 22.7. The molecule has 0 unspecified atom stereocenters. The van der Waals surface area contributed by atoms with E-state index < -0.39 is 5.41 Å². The monoisotopic (exact) mass is 839 g/mol. The first-order valence-electron chi connectivity index (χ1n) is 22.1. The Balaban J connectivity index is 1.09. The van der Waals surface area contributed by atoms with E-state index in [1.165, 1.54) is 22.3 Å². The Morgan fingerprint density at radius 3 is 1.63 bits per heavy atom. The molecule has 0 aliphatic heterocycles. The van der Waals surface area contributed by atoms with Crippen molar-refractivity contribution in [3.63, 3.8) is 0 Å². The summed E-state index contributed by atoms with van der Waals surface area (Å²) >= 11 is 3.29. The van der Waals surface area contributed by atoms with Gasteiger partial charge in [0.1, 0.15) is 0 Å². The molecule has 9 aromatic carbocycles. The fourth-order valence-corrected chi connectivity index (χ4v) is 12.3. The Hall–Kier alpha value is -7.57. The lowest BCUT2D eigenvalue weighted by atomic mass is 9.67. The Morgan fingerprint density at radius 1 is 0.365 bits per heavy atom. The number of benzene rings is 9. The maximum Gasteiger partial charge on any atom is 0.165 e. The molecule has 1 aliphatic rings. The zero-order chi connectivity index (χ0) is 43.2. The first kappa shape index (κ1) is 34.1. The van der Waals surface area contributed by atoms with Crippen LogP contribution in [0.3, 0.4) is 0 Å². The van der Waals surface area contributed by atoms with Crippen molar-refractivity contribution in [1.82, 2.24) is 15.0 Å². The van der Waals surface area contributed by atoms with E-state index in [2.05, 4.69) is 176 Å². The van der Waals surface area contributed by atoms with Crippen LogP contribution in [-0.4, -0.2) is 15.0 Å². The molecule has 0 radical (unpaired) electrons. The number of hydrogen-bond donors (Lipinski definition) is 0. The van der Waals surface area contributed by atoms with Gasteiger partial charge in [0.2, 0.25) is 0 Å². The smallest absolute Gasteiger partial charge is 0.165 e. The molecule has 294 valence electrons. The van der Waals surface area contributed by atoms with Gasteiger partial charge in [0.15, 0.2) is 17.5 Å². The van der Waals surface area contributed by atoms with E-state index in [1.807, 2.05) is 24.3 Å². The van der Waals surface area contributed by atoms with Gasteiger partial charge in [-0.25, -0.2) is 15.0 Å². The van der Waals surface area contributed by atoms with Gasteiger partial charge in [0.25, 0.3) is 0 Å². The second-order valence-electron chi connectivity index (χ2n) is 16.0. The van der Waals surface area contributed by atoms with Gasteiger partial charge < -0.3 is 0 Å². The maximum atomic E-state index is 8.81. The molecule has 63 heavy (non-hydrogen) atoms. The van der Waals surface area contributed by atoms with E-state index in [9.17, 15) is 0 Å². The highest BCUT2D eigenvalue weighted by Crippen LogP contribution is 2.58. The van der Waals surface area contributed by atoms with E-state index in [-0.39, 0.29) is 0 Å². The number of fused-ring (bicyclic) bond motifs is 9. The normalized spacial score (nSPS) is 13.3. The zero-order valence-corrected chi connectivity index (χ0v) is 35.3. The largest absolute Gasteiger partial charge is 0.208 e. The standard InChI is InChI=1S/C58H35N3S2/c1-3-17-37(18-4-1)58(38-19-5-2-6-20-38)48-29-12-9-25-44(48)53-45(27-16-30-49(53)58)56-59-55(60-57(61-56)46-28-15-26-42-40-22-10-14-32-51(40)63-54(42)46)43-24-8-7-21-39(43)36-33-34-52-47(35-36)41-23-11-13-31-50(41)62-52/h1-35H/i31D,32D. The highest BCUT2D eigenvalue weighted by molar-refractivity contribution is 7.26. The SMILES string of the molecule is [2H]c1cccc2c1sc1ccc(-c3ccccc3-c3nc(-c4cccc5c4-c4ccccc4C5(c4ccccc4)c4ccccc4)nc(-c4cccc5c4sc4c([2H])cccc45)n3)cc12. The lowest BCUT2D eigenvalue weighted by molar-refractivity contribution is 0.768.